The molecule has 1 heterocycles. The van der Waals surface area contributed by atoms with Gasteiger partial charge >= 0.3 is 0 Å². The SMILES string of the molecule is O=c1ccnc(SCC2(CS)CCC2)[nH]1. The van der Waals surface area contributed by atoms with Crippen molar-refractivity contribution < 1.29 is 0 Å². The fourth-order valence-corrected chi connectivity index (χ4v) is 3.39. The second-order valence-corrected chi connectivity index (χ2v) is 5.32. The monoisotopic (exact) mass is 242 g/mol. The molecule has 0 amide bonds. The number of thioether (sulfide) groups is 1. The van der Waals surface area contributed by atoms with E-state index >= 15 is 0 Å². The first-order valence-electron chi connectivity index (χ1n) is 5.03. The van der Waals surface area contributed by atoms with E-state index < -0.39 is 0 Å². The van der Waals surface area contributed by atoms with Crippen LogP contribution in [0.2, 0.25) is 0 Å². The van der Waals surface area contributed by atoms with Gasteiger partial charge in [0.2, 0.25) is 0 Å². The number of hydrogen-bond acceptors (Lipinski definition) is 4. The third kappa shape index (κ3) is 2.58. The summed E-state index contributed by atoms with van der Waals surface area (Å²) in [7, 11) is 0. The molecule has 1 N–H and O–H groups in total. The number of nitrogens with zero attached hydrogens (tertiary/aromatic N) is 1. The molecule has 1 fully saturated rings. The van der Waals surface area contributed by atoms with E-state index in [9.17, 15) is 4.79 Å². The fourth-order valence-electron chi connectivity index (χ4n) is 1.67. The van der Waals surface area contributed by atoms with Gasteiger partial charge in [-0.05, 0) is 24.0 Å². The van der Waals surface area contributed by atoms with Crippen molar-refractivity contribution in [3.8, 4) is 0 Å². The Bertz CT molecular complexity index is 381. The summed E-state index contributed by atoms with van der Waals surface area (Å²) in [4.78, 5) is 17.9. The molecule has 0 atom stereocenters. The van der Waals surface area contributed by atoms with Crippen molar-refractivity contribution in [2.45, 2.75) is 24.4 Å². The minimum absolute atomic E-state index is 0.0824. The minimum atomic E-state index is -0.0824. The summed E-state index contributed by atoms with van der Waals surface area (Å²) in [5, 5.41) is 0.718. The molecule has 82 valence electrons. The Morgan fingerprint density at radius 3 is 2.93 bits per heavy atom. The van der Waals surface area contributed by atoms with Gasteiger partial charge < -0.3 is 4.98 Å². The highest BCUT2D eigenvalue weighted by molar-refractivity contribution is 7.99. The first kappa shape index (κ1) is 11.1. The average molecular weight is 242 g/mol. The van der Waals surface area contributed by atoms with E-state index in [4.69, 9.17) is 0 Å². The normalized spacial score (nSPS) is 18.5. The van der Waals surface area contributed by atoms with Crippen molar-refractivity contribution in [2.75, 3.05) is 11.5 Å². The summed E-state index contributed by atoms with van der Waals surface area (Å²) < 4.78 is 0. The van der Waals surface area contributed by atoms with E-state index in [1.807, 2.05) is 0 Å². The van der Waals surface area contributed by atoms with E-state index in [0.717, 1.165) is 16.7 Å². The molecule has 1 aliphatic carbocycles. The molecule has 0 bridgehead atoms. The van der Waals surface area contributed by atoms with Crippen molar-refractivity contribution >= 4 is 24.4 Å². The topological polar surface area (TPSA) is 45.8 Å². The first-order valence-corrected chi connectivity index (χ1v) is 6.65. The molecule has 1 aliphatic rings. The van der Waals surface area contributed by atoms with Crippen LogP contribution in [-0.2, 0) is 0 Å². The van der Waals surface area contributed by atoms with Crippen LogP contribution in [0.1, 0.15) is 19.3 Å². The lowest BCUT2D eigenvalue weighted by Gasteiger charge is -2.40. The molecule has 0 radical (unpaired) electrons. The van der Waals surface area contributed by atoms with Crippen LogP contribution in [0, 0.1) is 5.41 Å². The number of aromatic nitrogens is 2. The zero-order valence-electron chi connectivity index (χ0n) is 8.40. The Hall–Kier alpha value is -0.420. The van der Waals surface area contributed by atoms with Gasteiger partial charge in [-0.1, -0.05) is 18.2 Å². The molecule has 3 nitrogen and oxygen atoms in total. The zero-order valence-corrected chi connectivity index (χ0v) is 10.1. The number of rotatable bonds is 4. The van der Waals surface area contributed by atoms with Gasteiger partial charge in [-0.15, -0.1) is 0 Å². The third-order valence-corrected chi connectivity index (χ3v) is 4.82. The summed E-state index contributed by atoms with van der Waals surface area (Å²) in [6.07, 6.45) is 5.36. The van der Waals surface area contributed by atoms with Crippen molar-refractivity contribution in [3.63, 3.8) is 0 Å². The Labute approximate surface area is 98.5 Å². The van der Waals surface area contributed by atoms with Gasteiger partial charge in [0.25, 0.3) is 5.56 Å². The smallest absolute Gasteiger partial charge is 0.251 e. The number of thiol groups is 1. The standard InChI is InChI=1S/C10H14N2OS2/c13-8-2-5-11-9(12-8)15-7-10(6-14)3-1-4-10/h2,5,14H,1,3-4,6-7H2,(H,11,12,13). The van der Waals surface area contributed by atoms with Crippen molar-refractivity contribution in [2.24, 2.45) is 5.41 Å². The van der Waals surface area contributed by atoms with Gasteiger partial charge in [-0.2, -0.15) is 12.6 Å². The summed E-state index contributed by atoms with van der Waals surface area (Å²) in [6.45, 7) is 0. The van der Waals surface area contributed by atoms with Gasteiger partial charge in [0.1, 0.15) is 0 Å². The molecule has 0 saturated heterocycles. The summed E-state index contributed by atoms with van der Waals surface area (Å²) in [5.74, 6) is 1.93. The van der Waals surface area contributed by atoms with Crippen LogP contribution in [0.3, 0.4) is 0 Å². The molecule has 2 rings (SSSR count). The lowest BCUT2D eigenvalue weighted by atomic mass is 9.72. The van der Waals surface area contributed by atoms with E-state index in [1.54, 1.807) is 18.0 Å². The molecule has 0 spiro atoms. The van der Waals surface area contributed by atoms with Gasteiger partial charge in [0, 0.05) is 18.0 Å². The zero-order chi connectivity index (χ0) is 10.7. The van der Waals surface area contributed by atoms with E-state index in [2.05, 4.69) is 22.6 Å². The minimum Gasteiger partial charge on any atom is -0.301 e. The number of nitrogens with one attached hydrogen (secondary N) is 1. The van der Waals surface area contributed by atoms with Crippen molar-refractivity contribution in [1.29, 1.82) is 0 Å². The Kier molecular flexibility index (Phi) is 3.41. The van der Waals surface area contributed by atoms with Crippen LogP contribution in [-0.4, -0.2) is 21.5 Å². The maximum absolute atomic E-state index is 11.0. The Morgan fingerprint density at radius 2 is 2.40 bits per heavy atom. The predicted molar refractivity (Wildman–Crippen MR) is 65.7 cm³/mol. The number of H-pyrrole nitrogens is 1. The number of hydrogen-bond donors (Lipinski definition) is 2. The highest BCUT2D eigenvalue weighted by Gasteiger charge is 2.35. The second-order valence-electron chi connectivity index (χ2n) is 4.04. The van der Waals surface area contributed by atoms with Crippen molar-refractivity contribution in [1.82, 2.24) is 9.97 Å². The molecule has 1 aromatic heterocycles. The first-order chi connectivity index (χ1) is 7.24. The summed E-state index contributed by atoms with van der Waals surface area (Å²) in [6, 6.07) is 1.43. The summed E-state index contributed by atoms with van der Waals surface area (Å²) >= 11 is 6.02. The van der Waals surface area contributed by atoms with Crippen LogP contribution in [0.15, 0.2) is 22.2 Å². The van der Waals surface area contributed by atoms with Gasteiger partial charge in [-0.3, -0.25) is 4.79 Å². The summed E-state index contributed by atoms with van der Waals surface area (Å²) in [5.41, 5.74) is 0.295. The molecule has 1 aromatic rings. The van der Waals surface area contributed by atoms with Gasteiger partial charge in [-0.25, -0.2) is 4.98 Å². The third-order valence-electron chi connectivity index (χ3n) is 2.91. The van der Waals surface area contributed by atoms with Crippen LogP contribution in [0.4, 0.5) is 0 Å². The van der Waals surface area contributed by atoms with Gasteiger partial charge in [0.05, 0.1) is 0 Å². The van der Waals surface area contributed by atoms with Crippen LogP contribution in [0.25, 0.3) is 0 Å². The fraction of sp³-hybridized carbons (Fsp3) is 0.600. The second kappa shape index (κ2) is 4.61. The lowest BCUT2D eigenvalue weighted by Crippen LogP contribution is -2.33. The molecular formula is C10H14N2OS2. The molecule has 0 aromatic carbocycles. The van der Waals surface area contributed by atoms with Crippen molar-refractivity contribution in [3.05, 3.63) is 22.6 Å². The quantitative estimate of drug-likeness (QED) is 0.482. The van der Waals surface area contributed by atoms with E-state index in [0.29, 0.717) is 5.41 Å². The van der Waals surface area contributed by atoms with E-state index in [-0.39, 0.29) is 5.56 Å². The highest BCUT2D eigenvalue weighted by atomic mass is 32.2. The maximum Gasteiger partial charge on any atom is 0.251 e. The van der Waals surface area contributed by atoms with E-state index in [1.165, 1.54) is 25.3 Å². The van der Waals surface area contributed by atoms with Crippen LogP contribution in [0.5, 0.6) is 0 Å². The highest BCUT2D eigenvalue weighted by Crippen LogP contribution is 2.44. The molecular weight excluding hydrogens is 228 g/mol. The lowest BCUT2D eigenvalue weighted by molar-refractivity contribution is 0.205. The Morgan fingerprint density at radius 1 is 1.60 bits per heavy atom. The largest absolute Gasteiger partial charge is 0.301 e. The van der Waals surface area contributed by atoms with Gasteiger partial charge in [0.15, 0.2) is 5.16 Å². The molecule has 0 aliphatic heterocycles. The average Bonchev–Trinajstić information content (AvgIpc) is 2.17. The Balaban J connectivity index is 1.95. The molecule has 5 heteroatoms. The maximum atomic E-state index is 11.0. The van der Waals surface area contributed by atoms with Crippen LogP contribution < -0.4 is 5.56 Å². The van der Waals surface area contributed by atoms with Crippen LogP contribution >= 0.6 is 24.4 Å². The molecule has 0 unspecified atom stereocenters. The molecule has 1 saturated carbocycles. The predicted octanol–water partition coefficient (Wildman–Crippen LogP) is 1.96. The number of aromatic amines is 1. The molecule has 15 heavy (non-hydrogen) atoms.